The Morgan fingerprint density at radius 3 is 2.74 bits per heavy atom. The molecule has 0 saturated carbocycles. The summed E-state index contributed by atoms with van der Waals surface area (Å²) in [7, 11) is 1.92. The number of alkyl halides is 2. The Morgan fingerprint density at radius 2 is 2.11 bits per heavy atom. The van der Waals surface area contributed by atoms with E-state index in [0.717, 1.165) is 17.9 Å². The highest BCUT2D eigenvalue weighted by molar-refractivity contribution is 5.85. The Bertz CT molecular complexity index is 739. The summed E-state index contributed by atoms with van der Waals surface area (Å²) in [5, 5.41) is 3.31. The second kappa shape index (κ2) is 9.66. The fourth-order valence-corrected chi connectivity index (χ4v) is 3.16. The van der Waals surface area contributed by atoms with Crippen molar-refractivity contribution < 1.29 is 18.3 Å². The topological polar surface area (TPSA) is 59.4 Å². The summed E-state index contributed by atoms with van der Waals surface area (Å²) in [6.45, 7) is -0.765. The van der Waals surface area contributed by atoms with Gasteiger partial charge in [0, 0.05) is 45.5 Å². The van der Waals surface area contributed by atoms with Gasteiger partial charge in [-0.15, -0.1) is 12.4 Å². The molecule has 1 aliphatic rings. The van der Waals surface area contributed by atoms with E-state index in [4.69, 9.17) is 0 Å². The molecule has 1 N–H and O–H groups in total. The summed E-state index contributed by atoms with van der Waals surface area (Å²) in [6, 6.07) is 6.32. The van der Waals surface area contributed by atoms with Gasteiger partial charge in [0.25, 0.3) is 0 Å². The van der Waals surface area contributed by atoms with Crippen molar-refractivity contribution in [1.29, 1.82) is 0 Å². The number of ether oxygens (including phenoxy) is 1. The highest BCUT2D eigenvalue weighted by Gasteiger charge is 2.29. The number of amides is 1. The molecule has 1 saturated heterocycles. The lowest BCUT2D eigenvalue weighted by molar-refractivity contribution is -0.134. The van der Waals surface area contributed by atoms with Crippen molar-refractivity contribution in [3.63, 3.8) is 0 Å². The van der Waals surface area contributed by atoms with Gasteiger partial charge in [0.1, 0.15) is 17.6 Å². The van der Waals surface area contributed by atoms with E-state index in [1.807, 2.05) is 22.7 Å². The SMILES string of the molecule is Cl.Cn1ccnc1C1CNCCN1C(=O)CCc1ccc(OC(F)F)cc1. The molecule has 1 unspecified atom stereocenters. The van der Waals surface area contributed by atoms with E-state index in [-0.39, 0.29) is 30.1 Å². The van der Waals surface area contributed by atoms with Crippen LogP contribution < -0.4 is 10.1 Å². The Labute approximate surface area is 162 Å². The molecule has 1 fully saturated rings. The monoisotopic (exact) mass is 400 g/mol. The molecule has 2 aromatic rings. The Morgan fingerprint density at radius 1 is 1.37 bits per heavy atom. The van der Waals surface area contributed by atoms with Gasteiger partial charge in [0.15, 0.2) is 0 Å². The molecule has 2 heterocycles. The van der Waals surface area contributed by atoms with E-state index in [9.17, 15) is 13.6 Å². The maximum Gasteiger partial charge on any atom is 0.387 e. The highest BCUT2D eigenvalue weighted by Crippen LogP contribution is 2.22. The number of nitrogens with zero attached hydrogens (tertiary/aromatic N) is 3. The first kappa shape index (κ1) is 21.1. The van der Waals surface area contributed by atoms with Crippen LogP contribution in [-0.4, -0.2) is 46.6 Å². The number of hydrogen-bond acceptors (Lipinski definition) is 4. The molecule has 0 bridgehead atoms. The zero-order valence-corrected chi connectivity index (χ0v) is 15.8. The van der Waals surface area contributed by atoms with E-state index >= 15 is 0 Å². The fraction of sp³-hybridized carbons (Fsp3) is 0.444. The molecule has 1 aliphatic heterocycles. The van der Waals surface area contributed by atoms with Crippen LogP contribution in [0.15, 0.2) is 36.7 Å². The van der Waals surface area contributed by atoms with Crippen molar-refractivity contribution in [2.75, 3.05) is 19.6 Å². The molecule has 3 rings (SSSR count). The second-order valence-electron chi connectivity index (χ2n) is 6.23. The van der Waals surface area contributed by atoms with Crippen LogP contribution in [0.2, 0.25) is 0 Å². The van der Waals surface area contributed by atoms with Gasteiger partial charge in [0.05, 0.1) is 0 Å². The molecule has 0 radical (unpaired) electrons. The smallest absolute Gasteiger partial charge is 0.387 e. The van der Waals surface area contributed by atoms with Gasteiger partial charge >= 0.3 is 6.61 Å². The first-order chi connectivity index (χ1) is 12.5. The molecule has 148 valence electrons. The number of carbonyl (C=O) groups excluding carboxylic acids is 1. The minimum atomic E-state index is -2.84. The Kier molecular flexibility index (Phi) is 7.55. The fourth-order valence-electron chi connectivity index (χ4n) is 3.16. The molecular weight excluding hydrogens is 378 g/mol. The summed E-state index contributed by atoms with van der Waals surface area (Å²) in [4.78, 5) is 19.0. The largest absolute Gasteiger partial charge is 0.435 e. The summed E-state index contributed by atoms with van der Waals surface area (Å²) in [5.74, 6) is 1.04. The predicted molar refractivity (Wildman–Crippen MR) is 99.2 cm³/mol. The third-order valence-corrected chi connectivity index (χ3v) is 4.50. The number of piperazine rings is 1. The van der Waals surface area contributed by atoms with Gasteiger partial charge in [-0.3, -0.25) is 4.79 Å². The minimum absolute atomic E-state index is 0. The van der Waals surface area contributed by atoms with Crippen molar-refractivity contribution in [2.24, 2.45) is 7.05 Å². The van der Waals surface area contributed by atoms with Crippen LogP contribution in [0.4, 0.5) is 8.78 Å². The molecule has 1 amide bonds. The second-order valence-corrected chi connectivity index (χ2v) is 6.23. The first-order valence-electron chi connectivity index (χ1n) is 8.56. The van der Waals surface area contributed by atoms with Crippen LogP contribution in [0.1, 0.15) is 23.9 Å². The van der Waals surface area contributed by atoms with Crippen molar-refractivity contribution in [2.45, 2.75) is 25.5 Å². The molecule has 1 aromatic carbocycles. The van der Waals surface area contributed by atoms with Crippen LogP contribution in [0, 0.1) is 0 Å². The van der Waals surface area contributed by atoms with Crippen molar-refractivity contribution in [3.05, 3.63) is 48.0 Å². The van der Waals surface area contributed by atoms with E-state index in [2.05, 4.69) is 15.0 Å². The van der Waals surface area contributed by atoms with Crippen LogP contribution in [-0.2, 0) is 18.3 Å². The van der Waals surface area contributed by atoms with Gasteiger partial charge < -0.3 is 19.5 Å². The number of nitrogens with one attached hydrogen (secondary N) is 1. The number of imidazole rings is 1. The molecule has 6 nitrogen and oxygen atoms in total. The van der Waals surface area contributed by atoms with E-state index in [1.54, 1.807) is 18.3 Å². The van der Waals surface area contributed by atoms with Crippen LogP contribution >= 0.6 is 12.4 Å². The number of benzene rings is 1. The van der Waals surface area contributed by atoms with E-state index in [0.29, 0.717) is 25.9 Å². The number of aromatic nitrogens is 2. The number of rotatable bonds is 6. The van der Waals surface area contributed by atoms with Crippen molar-refractivity contribution >= 4 is 18.3 Å². The Hall–Kier alpha value is -2.19. The number of carbonyl (C=O) groups is 1. The lowest BCUT2D eigenvalue weighted by Crippen LogP contribution is -2.49. The lowest BCUT2D eigenvalue weighted by atomic mass is 10.1. The maximum atomic E-state index is 12.7. The Balaban J connectivity index is 0.00000261. The van der Waals surface area contributed by atoms with Crippen molar-refractivity contribution in [1.82, 2.24) is 19.8 Å². The van der Waals surface area contributed by atoms with Gasteiger partial charge in [-0.05, 0) is 24.1 Å². The molecule has 1 atom stereocenters. The quantitative estimate of drug-likeness (QED) is 0.809. The normalized spacial score (nSPS) is 16.9. The molecule has 1 aromatic heterocycles. The summed E-state index contributed by atoms with van der Waals surface area (Å²) in [6.07, 6.45) is 4.51. The van der Waals surface area contributed by atoms with Gasteiger partial charge in [-0.2, -0.15) is 8.78 Å². The predicted octanol–water partition coefficient (Wildman–Crippen LogP) is 2.55. The summed E-state index contributed by atoms with van der Waals surface area (Å²) >= 11 is 0. The highest BCUT2D eigenvalue weighted by atomic mass is 35.5. The van der Waals surface area contributed by atoms with Gasteiger partial charge in [-0.1, -0.05) is 12.1 Å². The average Bonchev–Trinajstić information content (AvgIpc) is 3.06. The van der Waals surface area contributed by atoms with Crippen molar-refractivity contribution in [3.8, 4) is 5.75 Å². The summed E-state index contributed by atoms with van der Waals surface area (Å²) < 4.78 is 30.6. The zero-order valence-electron chi connectivity index (χ0n) is 15.0. The van der Waals surface area contributed by atoms with Gasteiger partial charge in [0.2, 0.25) is 5.91 Å². The molecule has 27 heavy (non-hydrogen) atoms. The average molecular weight is 401 g/mol. The maximum absolute atomic E-state index is 12.7. The molecule has 0 spiro atoms. The van der Waals surface area contributed by atoms with Crippen LogP contribution in [0.25, 0.3) is 0 Å². The number of hydrogen-bond donors (Lipinski definition) is 1. The van der Waals surface area contributed by atoms with Crippen LogP contribution in [0.3, 0.4) is 0 Å². The zero-order chi connectivity index (χ0) is 18.5. The standard InChI is InChI=1S/C18H22F2N4O2.ClH/c1-23-10-9-22-17(23)15-12-21-8-11-24(15)16(25)7-4-13-2-5-14(6-3-13)26-18(19)20;/h2-3,5-6,9-10,15,18,21H,4,7-8,11-12H2,1H3;1H. The first-order valence-corrected chi connectivity index (χ1v) is 8.56. The number of aryl methyl sites for hydroxylation is 2. The lowest BCUT2D eigenvalue weighted by Gasteiger charge is -2.35. The molecular formula is C18H23ClF2N4O2. The third kappa shape index (κ3) is 5.40. The van der Waals surface area contributed by atoms with E-state index < -0.39 is 6.61 Å². The van der Waals surface area contributed by atoms with Crippen LogP contribution in [0.5, 0.6) is 5.75 Å². The van der Waals surface area contributed by atoms with E-state index in [1.165, 1.54) is 12.1 Å². The number of halogens is 3. The summed E-state index contributed by atoms with van der Waals surface area (Å²) in [5.41, 5.74) is 0.906. The van der Waals surface area contributed by atoms with Gasteiger partial charge in [-0.25, -0.2) is 4.98 Å². The molecule has 9 heteroatoms. The third-order valence-electron chi connectivity index (χ3n) is 4.50. The minimum Gasteiger partial charge on any atom is -0.435 e. The molecule has 0 aliphatic carbocycles.